The molecule has 1 aromatic rings. The van der Waals surface area contributed by atoms with Crippen LogP contribution in [-0.4, -0.2) is 24.0 Å². The zero-order chi connectivity index (χ0) is 15.8. The van der Waals surface area contributed by atoms with E-state index in [2.05, 4.69) is 5.32 Å². The van der Waals surface area contributed by atoms with Crippen LogP contribution < -0.4 is 11.1 Å². The van der Waals surface area contributed by atoms with Crippen LogP contribution in [0.5, 0.6) is 0 Å². The van der Waals surface area contributed by atoms with Crippen molar-refractivity contribution in [3.63, 3.8) is 0 Å². The van der Waals surface area contributed by atoms with E-state index < -0.39 is 12.1 Å². The summed E-state index contributed by atoms with van der Waals surface area (Å²) < 4.78 is 5.15. The number of rotatable bonds is 7. The summed E-state index contributed by atoms with van der Waals surface area (Å²) >= 11 is 0. The minimum Gasteiger partial charge on any atom is -0.452 e. The second-order valence-corrected chi connectivity index (χ2v) is 5.03. The summed E-state index contributed by atoms with van der Waals surface area (Å²) in [6.45, 7) is 5.58. The van der Waals surface area contributed by atoms with Crippen LogP contribution in [0.4, 0.5) is 5.69 Å². The lowest BCUT2D eigenvalue weighted by Gasteiger charge is -2.18. The molecular formula is C16H24N2O3. The van der Waals surface area contributed by atoms with Gasteiger partial charge in [0.2, 0.25) is 0 Å². The fourth-order valence-electron chi connectivity index (χ4n) is 1.95. The predicted molar refractivity (Wildman–Crippen MR) is 82.6 cm³/mol. The van der Waals surface area contributed by atoms with Crippen molar-refractivity contribution in [3.8, 4) is 0 Å². The lowest BCUT2D eigenvalue weighted by atomic mass is 10.1. The number of amides is 1. The van der Waals surface area contributed by atoms with Crippen molar-refractivity contribution in [2.24, 2.45) is 0 Å². The molecule has 0 aliphatic rings. The van der Waals surface area contributed by atoms with E-state index in [4.69, 9.17) is 10.5 Å². The van der Waals surface area contributed by atoms with Crippen LogP contribution in [0.2, 0.25) is 0 Å². The fraction of sp³-hybridized carbons (Fsp3) is 0.500. The van der Waals surface area contributed by atoms with E-state index >= 15 is 0 Å². The monoisotopic (exact) mass is 292 g/mol. The number of benzene rings is 1. The number of hydrogen-bond acceptors (Lipinski definition) is 4. The lowest BCUT2D eigenvalue weighted by molar-refractivity contribution is -0.154. The SMILES string of the molecule is CCC(CC)NC(=O)C(C)OC(=O)Cc1ccccc1N. The molecule has 0 aliphatic carbocycles. The number of nitrogens with two attached hydrogens (primary N) is 1. The largest absolute Gasteiger partial charge is 0.452 e. The Morgan fingerprint density at radius 1 is 1.24 bits per heavy atom. The number of nitrogen functional groups attached to an aromatic ring is 1. The third-order valence-electron chi connectivity index (χ3n) is 3.40. The van der Waals surface area contributed by atoms with Gasteiger partial charge in [0.25, 0.3) is 5.91 Å². The van der Waals surface area contributed by atoms with E-state index in [0.29, 0.717) is 11.3 Å². The van der Waals surface area contributed by atoms with Gasteiger partial charge in [0, 0.05) is 11.7 Å². The summed E-state index contributed by atoms with van der Waals surface area (Å²) in [6, 6.07) is 7.22. The van der Waals surface area contributed by atoms with Gasteiger partial charge < -0.3 is 15.8 Å². The van der Waals surface area contributed by atoms with Crippen LogP contribution >= 0.6 is 0 Å². The summed E-state index contributed by atoms with van der Waals surface area (Å²) in [7, 11) is 0. The van der Waals surface area contributed by atoms with Crippen LogP contribution in [0.25, 0.3) is 0 Å². The Balaban J connectivity index is 2.50. The summed E-state index contributed by atoms with van der Waals surface area (Å²) in [4.78, 5) is 23.8. The molecule has 3 N–H and O–H groups in total. The second-order valence-electron chi connectivity index (χ2n) is 5.03. The molecule has 1 amide bonds. The molecule has 0 radical (unpaired) electrons. The van der Waals surface area contributed by atoms with Crippen LogP contribution in [0, 0.1) is 0 Å². The van der Waals surface area contributed by atoms with Gasteiger partial charge in [-0.3, -0.25) is 9.59 Å². The first-order valence-corrected chi connectivity index (χ1v) is 7.31. The molecule has 0 aliphatic heterocycles. The molecule has 1 aromatic carbocycles. The Labute approximate surface area is 125 Å². The maximum absolute atomic E-state index is 11.9. The lowest BCUT2D eigenvalue weighted by Crippen LogP contribution is -2.41. The average molecular weight is 292 g/mol. The summed E-state index contributed by atoms with van der Waals surface area (Å²) in [6.07, 6.45) is 0.963. The van der Waals surface area contributed by atoms with E-state index in [1.54, 1.807) is 25.1 Å². The van der Waals surface area contributed by atoms with Gasteiger partial charge in [-0.05, 0) is 31.4 Å². The highest BCUT2D eigenvalue weighted by Gasteiger charge is 2.20. The minimum atomic E-state index is -0.803. The second kappa shape index (κ2) is 8.29. The van der Waals surface area contributed by atoms with Crippen molar-refractivity contribution in [1.29, 1.82) is 0 Å². The molecule has 0 heterocycles. The highest BCUT2D eigenvalue weighted by atomic mass is 16.5. The first-order chi connectivity index (χ1) is 9.97. The Bertz CT molecular complexity index is 484. The van der Waals surface area contributed by atoms with Gasteiger partial charge in [-0.15, -0.1) is 0 Å². The highest BCUT2D eigenvalue weighted by Crippen LogP contribution is 2.12. The van der Waals surface area contributed by atoms with Gasteiger partial charge in [-0.25, -0.2) is 0 Å². The molecule has 0 spiro atoms. The van der Waals surface area contributed by atoms with E-state index in [-0.39, 0.29) is 18.4 Å². The number of anilines is 1. The Hall–Kier alpha value is -2.04. The van der Waals surface area contributed by atoms with Crippen LogP contribution in [0.15, 0.2) is 24.3 Å². The number of carbonyl (C=O) groups is 2. The van der Waals surface area contributed by atoms with Gasteiger partial charge in [-0.1, -0.05) is 32.0 Å². The molecule has 5 nitrogen and oxygen atoms in total. The molecule has 0 bridgehead atoms. The average Bonchev–Trinajstić information content (AvgIpc) is 2.46. The van der Waals surface area contributed by atoms with Crippen molar-refractivity contribution >= 4 is 17.6 Å². The van der Waals surface area contributed by atoms with E-state index in [9.17, 15) is 9.59 Å². The van der Waals surface area contributed by atoms with Crippen LogP contribution in [-0.2, 0) is 20.7 Å². The number of para-hydroxylation sites is 1. The normalized spacial score (nSPS) is 12.0. The molecule has 21 heavy (non-hydrogen) atoms. The predicted octanol–water partition coefficient (Wildman–Crippen LogP) is 2.05. The van der Waals surface area contributed by atoms with Gasteiger partial charge >= 0.3 is 5.97 Å². The summed E-state index contributed by atoms with van der Waals surface area (Å²) in [5.41, 5.74) is 7.02. The molecule has 0 saturated heterocycles. The summed E-state index contributed by atoms with van der Waals surface area (Å²) in [5, 5.41) is 2.86. The molecule has 0 fully saturated rings. The Morgan fingerprint density at radius 2 is 1.86 bits per heavy atom. The minimum absolute atomic E-state index is 0.0648. The van der Waals surface area contributed by atoms with Crippen molar-refractivity contribution < 1.29 is 14.3 Å². The number of nitrogens with one attached hydrogen (secondary N) is 1. The van der Waals surface area contributed by atoms with Crippen molar-refractivity contribution in [2.75, 3.05) is 5.73 Å². The first-order valence-electron chi connectivity index (χ1n) is 7.31. The Kier molecular flexibility index (Phi) is 6.72. The van der Waals surface area contributed by atoms with Gasteiger partial charge in [0.15, 0.2) is 6.10 Å². The topological polar surface area (TPSA) is 81.4 Å². The fourth-order valence-corrected chi connectivity index (χ4v) is 1.95. The van der Waals surface area contributed by atoms with E-state index in [0.717, 1.165) is 12.8 Å². The zero-order valence-electron chi connectivity index (χ0n) is 12.9. The molecular weight excluding hydrogens is 268 g/mol. The molecule has 1 rings (SSSR count). The molecule has 0 aromatic heterocycles. The van der Waals surface area contributed by atoms with Gasteiger partial charge in [0.05, 0.1) is 6.42 Å². The maximum atomic E-state index is 11.9. The van der Waals surface area contributed by atoms with Crippen molar-refractivity contribution in [2.45, 2.75) is 52.2 Å². The molecule has 1 unspecified atom stereocenters. The first kappa shape index (κ1) is 17.0. The quantitative estimate of drug-likeness (QED) is 0.595. The number of esters is 1. The molecule has 116 valence electrons. The number of ether oxygens (including phenoxy) is 1. The molecule has 5 heteroatoms. The maximum Gasteiger partial charge on any atom is 0.311 e. The van der Waals surface area contributed by atoms with Crippen LogP contribution in [0.1, 0.15) is 39.2 Å². The third-order valence-corrected chi connectivity index (χ3v) is 3.40. The third kappa shape index (κ3) is 5.45. The van der Waals surface area contributed by atoms with E-state index in [1.165, 1.54) is 0 Å². The summed E-state index contributed by atoms with van der Waals surface area (Å²) in [5.74, 6) is -0.724. The molecule has 1 atom stereocenters. The number of carbonyl (C=O) groups excluding carboxylic acids is 2. The smallest absolute Gasteiger partial charge is 0.311 e. The highest BCUT2D eigenvalue weighted by molar-refractivity contribution is 5.84. The number of hydrogen-bond donors (Lipinski definition) is 2. The Morgan fingerprint density at radius 3 is 2.43 bits per heavy atom. The van der Waals surface area contributed by atoms with Crippen LogP contribution in [0.3, 0.4) is 0 Å². The van der Waals surface area contributed by atoms with Crippen molar-refractivity contribution in [3.05, 3.63) is 29.8 Å². The van der Waals surface area contributed by atoms with Gasteiger partial charge in [-0.2, -0.15) is 0 Å². The van der Waals surface area contributed by atoms with Gasteiger partial charge in [0.1, 0.15) is 0 Å². The molecule has 0 saturated carbocycles. The van der Waals surface area contributed by atoms with E-state index in [1.807, 2.05) is 19.9 Å². The zero-order valence-corrected chi connectivity index (χ0v) is 12.9. The standard InChI is InChI=1S/C16H24N2O3/c1-4-13(5-2)18-16(20)11(3)21-15(19)10-12-8-6-7-9-14(12)17/h6-9,11,13H,4-5,10,17H2,1-3H3,(H,18,20). The van der Waals surface area contributed by atoms with Crippen molar-refractivity contribution in [1.82, 2.24) is 5.32 Å².